The van der Waals surface area contributed by atoms with Gasteiger partial charge in [-0.15, -0.1) is 0 Å². The van der Waals surface area contributed by atoms with Gasteiger partial charge >= 0.3 is 11.7 Å². The number of allylic oxidation sites excluding steroid dienone is 1. The van der Waals surface area contributed by atoms with Crippen LogP contribution in [0.25, 0.3) is 6.08 Å². The number of hydrogen-bond donors (Lipinski definition) is 2. The molecule has 2 aliphatic heterocycles. The highest BCUT2D eigenvalue weighted by Crippen LogP contribution is 2.30. The molecule has 9 heteroatoms. The SMILES string of the molecule is C=Cc1cn([C@H]2C[C@H](OC(=O)C3=CN(C)C=CC3)[C@@H](CO)O2)c(=O)[nH]c1=O. The van der Waals surface area contributed by atoms with Crippen molar-refractivity contribution in [3.8, 4) is 0 Å². The Kier molecular flexibility index (Phi) is 5.43. The van der Waals surface area contributed by atoms with E-state index < -0.39 is 35.7 Å². The van der Waals surface area contributed by atoms with E-state index >= 15 is 0 Å². The van der Waals surface area contributed by atoms with Gasteiger partial charge in [0.05, 0.1) is 17.7 Å². The normalized spacial score (nSPS) is 24.6. The summed E-state index contributed by atoms with van der Waals surface area (Å²) >= 11 is 0. The summed E-state index contributed by atoms with van der Waals surface area (Å²) in [4.78, 5) is 40.1. The predicted molar refractivity (Wildman–Crippen MR) is 96.5 cm³/mol. The van der Waals surface area contributed by atoms with Crippen molar-refractivity contribution in [1.29, 1.82) is 0 Å². The first-order valence-electron chi connectivity index (χ1n) is 8.47. The summed E-state index contributed by atoms with van der Waals surface area (Å²) in [5, 5.41) is 9.57. The van der Waals surface area contributed by atoms with Crippen LogP contribution in [-0.4, -0.2) is 51.4 Å². The van der Waals surface area contributed by atoms with Gasteiger partial charge in [0.25, 0.3) is 5.56 Å². The lowest BCUT2D eigenvalue weighted by Gasteiger charge is -2.20. The monoisotopic (exact) mass is 375 g/mol. The Balaban J connectivity index is 1.78. The lowest BCUT2D eigenvalue weighted by Crippen LogP contribution is -2.33. The second kappa shape index (κ2) is 7.77. The van der Waals surface area contributed by atoms with Crippen LogP contribution in [0, 0.1) is 0 Å². The molecule has 0 saturated carbocycles. The van der Waals surface area contributed by atoms with Crippen LogP contribution in [0.2, 0.25) is 0 Å². The summed E-state index contributed by atoms with van der Waals surface area (Å²) in [5.74, 6) is -0.500. The number of nitrogens with zero attached hydrogens (tertiary/aromatic N) is 2. The van der Waals surface area contributed by atoms with Crippen LogP contribution in [0.3, 0.4) is 0 Å². The minimum atomic E-state index is -0.786. The molecule has 1 aromatic heterocycles. The van der Waals surface area contributed by atoms with Gasteiger partial charge in [-0.25, -0.2) is 9.59 Å². The standard InChI is InChI=1S/C18H21N3O6/c1-3-11-9-21(18(25)19-16(11)23)15-7-13(14(10-22)26-15)27-17(24)12-5-4-6-20(2)8-12/h3-4,6,8-9,13-15,22H,1,5,7,10H2,2H3,(H,19,23,25)/t13-,14+,15+/m0/s1. The van der Waals surface area contributed by atoms with E-state index in [1.54, 1.807) is 18.1 Å². The topological polar surface area (TPSA) is 114 Å². The molecule has 1 saturated heterocycles. The predicted octanol–water partition coefficient (Wildman–Crippen LogP) is 0.104. The lowest BCUT2D eigenvalue weighted by atomic mass is 10.1. The zero-order valence-corrected chi connectivity index (χ0v) is 14.8. The summed E-state index contributed by atoms with van der Waals surface area (Å²) in [6, 6.07) is 0. The highest BCUT2D eigenvalue weighted by molar-refractivity contribution is 5.89. The number of carbonyl (C=O) groups excluding carboxylic acids is 1. The molecule has 0 bridgehead atoms. The smallest absolute Gasteiger partial charge is 0.336 e. The first-order valence-corrected chi connectivity index (χ1v) is 8.47. The number of rotatable bonds is 5. The van der Waals surface area contributed by atoms with Gasteiger partial charge in [-0.3, -0.25) is 14.3 Å². The molecule has 0 unspecified atom stereocenters. The first-order chi connectivity index (χ1) is 12.9. The molecule has 2 aliphatic rings. The fraction of sp³-hybridized carbons (Fsp3) is 0.389. The summed E-state index contributed by atoms with van der Waals surface area (Å²) in [6.07, 6.45) is 6.33. The summed E-state index contributed by atoms with van der Waals surface area (Å²) in [7, 11) is 1.80. The summed E-state index contributed by atoms with van der Waals surface area (Å²) in [6.45, 7) is 3.16. The minimum absolute atomic E-state index is 0.165. The number of hydrogen-bond acceptors (Lipinski definition) is 7. The number of nitrogens with one attached hydrogen (secondary N) is 1. The zero-order chi connectivity index (χ0) is 19.6. The quantitative estimate of drug-likeness (QED) is 0.702. The average molecular weight is 375 g/mol. The zero-order valence-electron chi connectivity index (χ0n) is 14.8. The largest absolute Gasteiger partial charge is 0.456 e. The van der Waals surface area contributed by atoms with Gasteiger partial charge in [0.2, 0.25) is 0 Å². The first kappa shape index (κ1) is 18.9. The highest BCUT2D eigenvalue weighted by atomic mass is 16.6. The maximum Gasteiger partial charge on any atom is 0.336 e. The molecular formula is C18H21N3O6. The maximum absolute atomic E-state index is 12.4. The Labute approximate surface area is 154 Å². The van der Waals surface area contributed by atoms with Gasteiger partial charge in [-0.2, -0.15) is 0 Å². The Morgan fingerprint density at radius 1 is 1.52 bits per heavy atom. The summed E-state index contributed by atoms with van der Waals surface area (Å²) < 4.78 is 12.4. The number of aliphatic hydroxyl groups is 1. The molecule has 3 atom stereocenters. The van der Waals surface area contributed by atoms with Crippen molar-refractivity contribution in [3.63, 3.8) is 0 Å². The van der Waals surface area contributed by atoms with Gasteiger partial charge in [0.15, 0.2) is 0 Å². The number of aliphatic hydroxyl groups excluding tert-OH is 1. The molecule has 0 radical (unpaired) electrons. The van der Waals surface area contributed by atoms with E-state index in [-0.39, 0.29) is 18.6 Å². The molecule has 3 heterocycles. The van der Waals surface area contributed by atoms with Crippen LogP contribution in [0.15, 0.2) is 46.4 Å². The van der Waals surface area contributed by atoms with E-state index in [9.17, 15) is 19.5 Å². The van der Waals surface area contributed by atoms with E-state index in [4.69, 9.17) is 9.47 Å². The molecule has 0 aromatic carbocycles. The molecule has 0 aliphatic carbocycles. The van der Waals surface area contributed by atoms with Crippen LogP contribution in [0.4, 0.5) is 0 Å². The number of aromatic nitrogens is 2. The molecule has 1 fully saturated rings. The van der Waals surface area contributed by atoms with Gasteiger partial charge in [0.1, 0.15) is 18.4 Å². The van der Waals surface area contributed by atoms with Crippen molar-refractivity contribution in [2.24, 2.45) is 0 Å². The van der Waals surface area contributed by atoms with E-state index in [0.717, 1.165) is 0 Å². The van der Waals surface area contributed by atoms with E-state index in [1.165, 1.54) is 16.8 Å². The number of esters is 1. The molecule has 0 spiro atoms. The third-order valence-electron chi connectivity index (χ3n) is 4.44. The van der Waals surface area contributed by atoms with Gasteiger partial charge < -0.3 is 19.5 Å². The second-order valence-corrected chi connectivity index (χ2v) is 6.36. The fourth-order valence-corrected chi connectivity index (χ4v) is 3.06. The van der Waals surface area contributed by atoms with Crippen LogP contribution >= 0.6 is 0 Å². The Hall–Kier alpha value is -2.91. The van der Waals surface area contributed by atoms with Crippen LogP contribution in [0.5, 0.6) is 0 Å². The van der Waals surface area contributed by atoms with Crippen LogP contribution in [0.1, 0.15) is 24.6 Å². The maximum atomic E-state index is 12.4. The van der Waals surface area contributed by atoms with Crippen molar-refractivity contribution in [1.82, 2.24) is 14.5 Å². The number of aromatic amines is 1. The molecule has 2 N–H and O–H groups in total. The fourth-order valence-electron chi connectivity index (χ4n) is 3.06. The Bertz CT molecular complexity index is 912. The van der Waals surface area contributed by atoms with Gasteiger partial charge in [0, 0.05) is 32.3 Å². The molecule has 144 valence electrons. The van der Waals surface area contributed by atoms with Crippen molar-refractivity contribution < 1.29 is 19.4 Å². The lowest BCUT2D eigenvalue weighted by molar-refractivity contribution is -0.148. The molecule has 27 heavy (non-hydrogen) atoms. The number of ether oxygens (including phenoxy) is 2. The molecule has 0 amide bonds. The third-order valence-corrected chi connectivity index (χ3v) is 4.44. The van der Waals surface area contributed by atoms with Crippen LogP contribution < -0.4 is 11.2 Å². The van der Waals surface area contributed by atoms with Gasteiger partial charge in [-0.1, -0.05) is 18.7 Å². The van der Waals surface area contributed by atoms with Crippen molar-refractivity contribution in [2.75, 3.05) is 13.7 Å². The van der Waals surface area contributed by atoms with Crippen molar-refractivity contribution >= 4 is 12.0 Å². The van der Waals surface area contributed by atoms with Crippen molar-refractivity contribution in [3.05, 3.63) is 63.2 Å². The van der Waals surface area contributed by atoms with E-state index in [2.05, 4.69) is 11.6 Å². The number of carbonyl (C=O) groups is 1. The Morgan fingerprint density at radius 2 is 2.30 bits per heavy atom. The third kappa shape index (κ3) is 3.93. The molecule has 3 rings (SSSR count). The molecule has 1 aromatic rings. The Morgan fingerprint density at radius 3 is 2.96 bits per heavy atom. The summed E-state index contributed by atoms with van der Waals surface area (Å²) in [5.41, 5.74) is -0.509. The minimum Gasteiger partial charge on any atom is -0.456 e. The number of H-pyrrole nitrogens is 1. The molecule has 9 nitrogen and oxygen atoms in total. The van der Waals surface area contributed by atoms with Crippen molar-refractivity contribution in [2.45, 2.75) is 31.3 Å². The van der Waals surface area contributed by atoms with Crippen LogP contribution in [-0.2, 0) is 14.3 Å². The molecular weight excluding hydrogens is 354 g/mol. The average Bonchev–Trinajstić information content (AvgIpc) is 3.04. The van der Waals surface area contributed by atoms with Gasteiger partial charge in [-0.05, 0) is 6.20 Å². The second-order valence-electron chi connectivity index (χ2n) is 6.36. The van der Waals surface area contributed by atoms with E-state index in [0.29, 0.717) is 12.0 Å². The van der Waals surface area contributed by atoms with E-state index in [1.807, 2.05) is 12.3 Å². The highest BCUT2D eigenvalue weighted by Gasteiger charge is 2.39.